The summed E-state index contributed by atoms with van der Waals surface area (Å²) in [5.74, 6) is 0.0408. The van der Waals surface area contributed by atoms with Gasteiger partial charge in [-0.1, -0.05) is 18.2 Å². The van der Waals surface area contributed by atoms with E-state index < -0.39 is 0 Å². The van der Waals surface area contributed by atoms with Gasteiger partial charge in [0.15, 0.2) is 5.78 Å². The molecule has 122 valence electrons. The van der Waals surface area contributed by atoms with E-state index in [1.807, 2.05) is 24.3 Å². The Morgan fingerprint density at radius 3 is 2.50 bits per heavy atom. The lowest BCUT2D eigenvalue weighted by Crippen LogP contribution is -2.39. The number of anilines is 2. The molecule has 0 saturated carbocycles. The minimum atomic E-state index is 0.0408. The van der Waals surface area contributed by atoms with E-state index in [0.29, 0.717) is 17.2 Å². The number of benzene rings is 2. The molecule has 0 bridgehead atoms. The summed E-state index contributed by atoms with van der Waals surface area (Å²) in [7, 11) is 0. The number of rotatable bonds is 4. The molecule has 1 heterocycles. The van der Waals surface area contributed by atoms with Gasteiger partial charge in [-0.05, 0) is 50.1 Å². The summed E-state index contributed by atoms with van der Waals surface area (Å²) in [4.78, 5) is 14.1. The van der Waals surface area contributed by atoms with Crippen LogP contribution in [0.15, 0.2) is 48.5 Å². The zero-order valence-electron chi connectivity index (χ0n) is 13.8. The molecular weight excluding hydrogens is 298 g/mol. The Morgan fingerprint density at radius 1 is 1.17 bits per heavy atom. The predicted molar refractivity (Wildman–Crippen MR) is 96.5 cm³/mol. The van der Waals surface area contributed by atoms with Crippen LogP contribution in [0.3, 0.4) is 0 Å². The first-order valence-electron chi connectivity index (χ1n) is 8.29. The Morgan fingerprint density at radius 2 is 1.88 bits per heavy atom. The number of Topliss-reactive ketones (excluding diaryl/α,β-unsaturated/α-hetero) is 1. The van der Waals surface area contributed by atoms with E-state index >= 15 is 0 Å². The first-order chi connectivity index (χ1) is 11.7. The van der Waals surface area contributed by atoms with E-state index in [1.165, 1.54) is 0 Å². The van der Waals surface area contributed by atoms with Crippen molar-refractivity contribution in [2.45, 2.75) is 25.8 Å². The standard InChI is InChI=1S/C20H21N3O/c1-15(24)19-8-7-16(14-21)13-20(19)23-11-9-18(10-12-23)22-17-5-3-2-4-6-17/h2-8,13,18,22H,9-12H2,1H3. The molecule has 1 N–H and O–H groups in total. The van der Waals surface area contributed by atoms with Gasteiger partial charge < -0.3 is 10.2 Å². The molecule has 0 aliphatic carbocycles. The van der Waals surface area contributed by atoms with Crippen LogP contribution in [0.1, 0.15) is 35.7 Å². The van der Waals surface area contributed by atoms with Crippen LogP contribution in [0.2, 0.25) is 0 Å². The van der Waals surface area contributed by atoms with Gasteiger partial charge in [-0.15, -0.1) is 0 Å². The van der Waals surface area contributed by atoms with Crippen molar-refractivity contribution in [2.24, 2.45) is 0 Å². The molecule has 24 heavy (non-hydrogen) atoms. The van der Waals surface area contributed by atoms with Crippen LogP contribution < -0.4 is 10.2 Å². The van der Waals surface area contributed by atoms with Crippen molar-refractivity contribution < 1.29 is 4.79 Å². The second kappa shape index (κ2) is 7.18. The molecule has 1 saturated heterocycles. The highest BCUT2D eigenvalue weighted by molar-refractivity contribution is 6.00. The van der Waals surface area contributed by atoms with Crippen molar-refractivity contribution in [3.63, 3.8) is 0 Å². The molecule has 1 aliphatic heterocycles. The van der Waals surface area contributed by atoms with Crippen LogP contribution in [-0.2, 0) is 0 Å². The second-order valence-electron chi connectivity index (χ2n) is 6.17. The second-order valence-corrected chi connectivity index (χ2v) is 6.17. The molecule has 0 spiro atoms. The molecule has 1 fully saturated rings. The number of para-hydroxylation sites is 1. The minimum Gasteiger partial charge on any atom is -0.382 e. The molecule has 0 radical (unpaired) electrons. The predicted octanol–water partition coefficient (Wildman–Crippen LogP) is 3.84. The van der Waals surface area contributed by atoms with E-state index in [9.17, 15) is 4.79 Å². The van der Waals surface area contributed by atoms with Gasteiger partial charge in [-0.3, -0.25) is 4.79 Å². The first-order valence-corrected chi connectivity index (χ1v) is 8.29. The number of nitriles is 1. The van der Waals surface area contributed by atoms with Crippen molar-refractivity contribution >= 4 is 17.2 Å². The monoisotopic (exact) mass is 319 g/mol. The summed E-state index contributed by atoms with van der Waals surface area (Å²) < 4.78 is 0. The van der Waals surface area contributed by atoms with E-state index in [-0.39, 0.29) is 5.78 Å². The summed E-state index contributed by atoms with van der Waals surface area (Å²) in [5, 5.41) is 12.7. The molecular formula is C20H21N3O. The third kappa shape index (κ3) is 3.57. The zero-order chi connectivity index (χ0) is 16.9. The molecule has 2 aromatic carbocycles. The number of ketones is 1. The molecule has 2 aromatic rings. The van der Waals surface area contributed by atoms with Gasteiger partial charge in [-0.2, -0.15) is 5.26 Å². The van der Waals surface area contributed by atoms with Crippen molar-refractivity contribution in [1.29, 1.82) is 5.26 Å². The van der Waals surface area contributed by atoms with Crippen LogP contribution in [0.4, 0.5) is 11.4 Å². The fourth-order valence-corrected chi connectivity index (χ4v) is 3.20. The minimum absolute atomic E-state index is 0.0408. The number of piperidine rings is 1. The maximum absolute atomic E-state index is 11.9. The lowest BCUT2D eigenvalue weighted by Gasteiger charge is -2.35. The van der Waals surface area contributed by atoms with Crippen LogP contribution in [-0.4, -0.2) is 24.9 Å². The normalized spacial score (nSPS) is 14.9. The summed E-state index contributed by atoms with van der Waals surface area (Å²) >= 11 is 0. The van der Waals surface area contributed by atoms with E-state index in [0.717, 1.165) is 37.3 Å². The van der Waals surface area contributed by atoms with E-state index in [4.69, 9.17) is 5.26 Å². The van der Waals surface area contributed by atoms with Gasteiger partial charge in [0.1, 0.15) is 0 Å². The zero-order valence-corrected chi connectivity index (χ0v) is 13.8. The summed E-state index contributed by atoms with van der Waals surface area (Å²) in [6, 6.07) is 18.1. The van der Waals surface area contributed by atoms with Crippen LogP contribution in [0.25, 0.3) is 0 Å². The van der Waals surface area contributed by atoms with Crippen molar-refractivity contribution in [3.8, 4) is 6.07 Å². The maximum Gasteiger partial charge on any atom is 0.161 e. The largest absolute Gasteiger partial charge is 0.382 e. The lowest BCUT2D eigenvalue weighted by molar-refractivity contribution is 0.101. The SMILES string of the molecule is CC(=O)c1ccc(C#N)cc1N1CCC(Nc2ccccc2)CC1. The van der Waals surface area contributed by atoms with Gasteiger partial charge in [0.05, 0.1) is 11.6 Å². The van der Waals surface area contributed by atoms with Gasteiger partial charge in [0.2, 0.25) is 0 Å². The average Bonchev–Trinajstić information content (AvgIpc) is 2.62. The van der Waals surface area contributed by atoms with Crippen LogP contribution in [0.5, 0.6) is 0 Å². The van der Waals surface area contributed by atoms with Gasteiger partial charge in [0, 0.05) is 36.1 Å². The molecule has 3 rings (SSSR count). The number of hydrogen-bond acceptors (Lipinski definition) is 4. The highest BCUT2D eigenvalue weighted by Crippen LogP contribution is 2.27. The van der Waals surface area contributed by atoms with E-state index in [1.54, 1.807) is 19.1 Å². The molecule has 4 nitrogen and oxygen atoms in total. The fourth-order valence-electron chi connectivity index (χ4n) is 3.20. The van der Waals surface area contributed by atoms with Crippen LogP contribution in [0, 0.1) is 11.3 Å². The quantitative estimate of drug-likeness (QED) is 0.870. The van der Waals surface area contributed by atoms with Crippen molar-refractivity contribution in [2.75, 3.05) is 23.3 Å². The topological polar surface area (TPSA) is 56.1 Å². The summed E-state index contributed by atoms with van der Waals surface area (Å²) in [6.45, 7) is 3.33. The van der Waals surface area contributed by atoms with Crippen molar-refractivity contribution in [3.05, 3.63) is 59.7 Å². The summed E-state index contributed by atoms with van der Waals surface area (Å²) in [5.41, 5.74) is 3.33. The Labute approximate surface area is 142 Å². The maximum atomic E-state index is 11.9. The fraction of sp³-hybridized carbons (Fsp3) is 0.300. The van der Waals surface area contributed by atoms with Crippen LogP contribution >= 0.6 is 0 Å². The third-order valence-electron chi connectivity index (χ3n) is 4.49. The molecule has 1 aliphatic rings. The summed E-state index contributed by atoms with van der Waals surface area (Å²) in [6.07, 6.45) is 2.01. The lowest BCUT2D eigenvalue weighted by atomic mass is 10.00. The highest BCUT2D eigenvalue weighted by Gasteiger charge is 2.22. The Hall–Kier alpha value is -2.80. The average molecular weight is 319 g/mol. The van der Waals surface area contributed by atoms with Crippen molar-refractivity contribution in [1.82, 2.24) is 0 Å². The number of carbonyl (C=O) groups excluding carboxylic acids is 1. The van der Waals surface area contributed by atoms with Gasteiger partial charge in [-0.25, -0.2) is 0 Å². The first kappa shape index (κ1) is 16.1. The molecule has 4 heteroatoms. The number of nitrogens with zero attached hydrogens (tertiary/aromatic N) is 2. The highest BCUT2D eigenvalue weighted by atomic mass is 16.1. The Kier molecular flexibility index (Phi) is 4.81. The molecule has 0 amide bonds. The Bertz CT molecular complexity index is 756. The number of hydrogen-bond donors (Lipinski definition) is 1. The smallest absolute Gasteiger partial charge is 0.161 e. The molecule has 0 aromatic heterocycles. The van der Waals surface area contributed by atoms with Gasteiger partial charge in [0.25, 0.3) is 0 Å². The number of nitrogens with one attached hydrogen (secondary N) is 1. The Balaban J connectivity index is 1.70. The van der Waals surface area contributed by atoms with Gasteiger partial charge >= 0.3 is 0 Å². The number of carbonyl (C=O) groups is 1. The third-order valence-corrected chi connectivity index (χ3v) is 4.49. The molecule has 0 unspecified atom stereocenters. The molecule has 0 atom stereocenters. The van der Waals surface area contributed by atoms with E-state index in [2.05, 4.69) is 28.4 Å².